The Morgan fingerprint density at radius 1 is 1.47 bits per heavy atom. The van der Waals surface area contributed by atoms with Crippen molar-refractivity contribution in [2.24, 2.45) is 0 Å². The van der Waals surface area contributed by atoms with E-state index in [1.165, 1.54) is 0 Å². The summed E-state index contributed by atoms with van der Waals surface area (Å²) in [7, 11) is 0. The van der Waals surface area contributed by atoms with Crippen LogP contribution in [0.3, 0.4) is 0 Å². The molecule has 4 N–H and O–H groups in total. The van der Waals surface area contributed by atoms with Gasteiger partial charge in [-0.25, -0.2) is 0 Å². The van der Waals surface area contributed by atoms with Gasteiger partial charge >= 0.3 is 5.97 Å². The maximum absolute atomic E-state index is 10.5. The summed E-state index contributed by atoms with van der Waals surface area (Å²) in [4.78, 5) is 13.6. The average molecular weight is 204 g/mol. The summed E-state index contributed by atoms with van der Waals surface area (Å²) in [5, 5.41) is 9.56. The molecule has 0 fully saturated rings. The molecule has 0 bridgehead atoms. The monoisotopic (exact) mass is 204 g/mol. The van der Waals surface area contributed by atoms with Gasteiger partial charge in [-0.05, 0) is 24.1 Å². The van der Waals surface area contributed by atoms with E-state index in [1.807, 2.05) is 24.4 Å². The standard InChI is InChI=1S/C11H12N2O2/c12-8-2-1-3-9-11(8)7(6-13-9)4-5-10(14)15/h1-3,6,13H,4-5,12H2,(H,14,15). The van der Waals surface area contributed by atoms with Crippen molar-refractivity contribution < 1.29 is 9.90 Å². The first-order chi connectivity index (χ1) is 7.18. The fourth-order valence-electron chi connectivity index (χ4n) is 1.72. The van der Waals surface area contributed by atoms with Crippen LogP contribution in [0.4, 0.5) is 5.69 Å². The summed E-state index contributed by atoms with van der Waals surface area (Å²) in [6.45, 7) is 0. The van der Waals surface area contributed by atoms with Crippen LogP contribution in [0.25, 0.3) is 10.9 Å². The molecule has 0 aliphatic heterocycles. The Morgan fingerprint density at radius 3 is 3.00 bits per heavy atom. The zero-order chi connectivity index (χ0) is 10.8. The molecule has 1 aromatic carbocycles. The molecule has 1 heterocycles. The molecule has 4 heteroatoms. The highest BCUT2D eigenvalue weighted by atomic mass is 16.4. The summed E-state index contributed by atoms with van der Waals surface area (Å²) in [5.74, 6) is -0.793. The maximum Gasteiger partial charge on any atom is 0.303 e. The topological polar surface area (TPSA) is 79.1 Å². The van der Waals surface area contributed by atoms with Crippen molar-refractivity contribution in [3.05, 3.63) is 30.0 Å². The summed E-state index contributed by atoms with van der Waals surface area (Å²) < 4.78 is 0. The Labute approximate surface area is 86.7 Å². The number of nitrogens with two attached hydrogens (primary N) is 1. The third-order valence-corrected chi connectivity index (χ3v) is 2.43. The fourth-order valence-corrected chi connectivity index (χ4v) is 1.72. The minimum absolute atomic E-state index is 0.126. The van der Waals surface area contributed by atoms with Crippen molar-refractivity contribution in [1.29, 1.82) is 0 Å². The molecule has 0 radical (unpaired) electrons. The van der Waals surface area contributed by atoms with Gasteiger partial charge < -0.3 is 15.8 Å². The van der Waals surface area contributed by atoms with Crippen LogP contribution in [0.15, 0.2) is 24.4 Å². The van der Waals surface area contributed by atoms with Crippen molar-refractivity contribution in [2.45, 2.75) is 12.8 Å². The number of anilines is 1. The lowest BCUT2D eigenvalue weighted by Crippen LogP contribution is -1.97. The summed E-state index contributed by atoms with van der Waals surface area (Å²) in [6.07, 6.45) is 2.45. The SMILES string of the molecule is Nc1cccc2[nH]cc(CCC(=O)O)c12. The number of benzene rings is 1. The fraction of sp³-hybridized carbons (Fsp3) is 0.182. The number of nitrogen functional groups attached to an aromatic ring is 1. The molecule has 0 amide bonds. The van der Waals surface area contributed by atoms with E-state index in [-0.39, 0.29) is 6.42 Å². The molecule has 0 aliphatic rings. The number of rotatable bonds is 3. The summed E-state index contributed by atoms with van der Waals surface area (Å²) in [5.41, 5.74) is 8.45. The molecule has 0 spiro atoms. The lowest BCUT2D eigenvalue weighted by molar-refractivity contribution is -0.136. The summed E-state index contributed by atoms with van der Waals surface area (Å²) >= 11 is 0. The van der Waals surface area contributed by atoms with Gasteiger partial charge in [0.1, 0.15) is 0 Å². The number of aromatic amines is 1. The molecule has 0 saturated carbocycles. The number of hydrogen-bond donors (Lipinski definition) is 3. The van der Waals surface area contributed by atoms with E-state index in [0.29, 0.717) is 12.1 Å². The molecule has 78 valence electrons. The first-order valence-corrected chi connectivity index (χ1v) is 4.74. The van der Waals surface area contributed by atoms with Crippen LogP contribution in [-0.4, -0.2) is 16.1 Å². The Morgan fingerprint density at radius 2 is 2.27 bits per heavy atom. The van der Waals surface area contributed by atoms with Gasteiger partial charge in [-0.3, -0.25) is 4.79 Å². The van der Waals surface area contributed by atoms with E-state index in [1.54, 1.807) is 0 Å². The van der Waals surface area contributed by atoms with Crippen LogP contribution in [-0.2, 0) is 11.2 Å². The highest BCUT2D eigenvalue weighted by molar-refractivity contribution is 5.94. The normalized spacial score (nSPS) is 10.7. The zero-order valence-electron chi connectivity index (χ0n) is 8.16. The van der Waals surface area contributed by atoms with Crippen molar-refractivity contribution in [3.63, 3.8) is 0 Å². The number of aromatic nitrogens is 1. The van der Waals surface area contributed by atoms with E-state index < -0.39 is 5.97 Å². The van der Waals surface area contributed by atoms with Gasteiger partial charge in [0.25, 0.3) is 0 Å². The van der Waals surface area contributed by atoms with Gasteiger partial charge in [0.2, 0.25) is 0 Å². The summed E-state index contributed by atoms with van der Waals surface area (Å²) in [6, 6.07) is 5.62. The first-order valence-electron chi connectivity index (χ1n) is 4.74. The number of H-pyrrole nitrogens is 1. The first kappa shape index (κ1) is 9.58. The lowest BCUT2D eigenvalue weighted by Gasteiger charge is -1.99. The van der Waals surface area contributed by atoms with Gasteiger partial charge in [0.15, 0.2) is 0 Å². The molecule has 15 heavy (non-hydrogen) atoms. The molecule has 0 aliphatic carbocycles. The van der Waals surface area contributed by atoms with E-state index in [2.05, 4.69) is 4.98 Å². The van der Waals surface area contributed by atoms with Crippen LogP contribution >= 0.6 is 0 Å². The van der Waals surface area contributed by atoms with Crippen LogP contribution < -0.4 is 5.73 Å². The average Bonchev–Trinajstić information content (AvgIpc) is 2.59. The molecule has 2 rings (SSSR count). The van der Waals surface area contributed by atoms with Crippen LogP contribution in [0.5, 0.6) is 0 Å². The van der Waals surface area contributed by atoms with Crippen molar-refractivity contribution in [2.75, 3.05) is 5.73 Å². The molecule has 1 aromatic heterocycles. The number of carboxylic acid groups (broad SMARTS) is 1. The van der Waals surface area contributed by atoms with Gasteiger partial charge in [-0.2, -0.15) is 0 Å². The number of carboxylic acids is 1. The number of fused-ring (bicyclic) bond motifs is 1. The molecule has 0 saturated heterocycles. The van der Waals surface area contributed by atoms with E-state index in [9.17, 15) is 4.79 Å². The smallest absolute Gasteiger partial charge is 0.303 e. The molecule has 2 aromatic rings. The largest absolute Gasteiger partial charge is 0.481 e. The third kappa shape index (κ3) is 1.79. The highest BCUT2D eigenvalue weighted by Gasteiger charge is 2.07. The van der Waals surface area contributed by atoms with Gasteiger partial charge in [0.05, 0.1) is 0 Å². The predicted molar refractivity (Wildman–Crippen MR) is 58.7 cm³/mol. The second kappa shape index (κ2) is 3.65. The van der Waals surface area contributed by atoms with Crippen LogP contribution in [0.1, 0.15) is 12.0 Å². The molecule has 0 atom stereocenters. The second-order valence-electron chi connectivity index (χ2n) is 3.48. The maximum atomic E-state index is 10.5. The number of nitrogens with one attached hydrogen (secondary N) is 1. The Hall–Kier alpha value is -1.97. The molecular weight excluding hydrogens is 192 g/mol. The molecule has 4 nitrogen and oxygen atoms in total. The Bertz CT molecular complexity index is 502. The van der Waals surface area contributed by atoms with Crippen LogP contribution in [0, 0.1) is 0 Å². The minimum Gasteiger partial charge on any atom is -0.481 e. The Kier molecular flexibility index (Phi) is 2.33. The van der Waals surface area contributed by atoms with Crippen LogP contribution in [0.2, 0.25) is 0 Å². The minimum atomic E-state index is -0.793. The quantitative estimate of drug-likeness (QED) is 0.666. The van der Waals surface area contributed by atoms with Gasteiger partial charge in [-0.15, -0.1) is 0 Å². The number of aryl methyl sites for hydroxylation is 1. The predicted octanol–water partition coefficient (Wildman–Crippen LogP) is 1.77. The molecule has 0 unspecified atom stereocenters. The third-order valence-electron chi connectivity index (χ3n) is 2.43. The highest BCUT2D eigenvalue weighted by Crippen LogP contribution is 2.25. The Balaban J connectivity index is 2.39. The zero-order valence-corrected chi connectivity index (χ0v) is 8.16. The number of carbonyl (C=O) groups is 1. The van der Waals surface area contributed by atoms with Gasteiger partial charge in [0, 0.05) is 29.2 Å². The lowest BCUT2D eigenvalue weighted by atomic mass is 10.1. The van der Waals surface area contributed by atoms with Crippen molar-refractivity contribution in [1.82, 2.24) is 4.98 Å². The van der Waals surface area contributed by atoms with Crippen molar-refractivity contribution >= 4 is 22.6 Å². The second-order valence-corrected chi connectivity index (χ2v) is 3.48. The van der Waals surface area contributed by atoms with Gasteiger partial charge in [-0.1, -0.05) is 6.07 Å². The van der Waals surface area contributed by atoms with Crippen molar-refractivity contribution in [3.8, 4) is 0 Å². The number of hydrogen-bond acceptors (Lipinski definition) is 2. The molecular formula is C11H12N2O2. The van der Waals surface area contributed by atoms with E-state index in [0.717, 1.165) is 16.5 Å². The number of aliphatic carboxylic acids is 1. The van der Waals surface area contributed by atoms with E-state index >= 15 is 0 Å². The van der Waals surface area contributed by atoms with E-state index in [4.69, 9.17) is 10.8 Å².